The van der Waals surface area contributed by atoms with Gasteiger partial charge in [0, 0.05) is 31.4 Å². The number of hydrogen-bond donors (Lipinski definition) is 1. The standard InChI is InChI=1S/C23H28F3N4O2/c1-5-19-18(23(24,25)26)14-27-20(29-19)28-17-8-6-15(7-9-17)16-10-12-30(13-11-16)21(31)32-22(2,3)4/h5-9,14,16H,10-13H2,1-4H3,(H,27,28,29). The molecule has 1 N–H and O–H groups in total. The molecule has 3 rings (SSSR count). The fourth-order valence-electron chi connectivity index (χ4n) is 3.58. The Bertz CT molecular complexity index is 932. The first-order chi connectivity index (χ1) is 15.0. The van der Waals surface area contributed by atoms with Gasteiger partial charge in [0.05, 0.1) is 11.3 Å². The summed E-state index contributed by atoms with van der Waals surface area (Å²) in [6, 6.07) is 7.66. The Hall–Kier alpha value is -2.84. The average molecular weight is 449 g/mol. The normalized spacial score (nSPS) is 15.5. The molecular weight excluding hydrogens is 421 g/mol. The highest BCUT2D eigenvalue weighted by molar-refractivity contribution is 5.68. The number of hydrogen-bond acceptors (Lipinski definition) is 5. The number of halogens is 3. The molecule has 1 aliphatic rings. The van der Waals surface area contributed by atoms with Crippen molar-refractivity contribution < 1.29 is 22.7 Å². The maximum absolute atomic E-state index is 13.0. The number of anilines is 2. The van der Waals surface area contributed by atoms with E-state index in [0.717, 1.165) is 24.6 Å². The van der Waals surface area contributed by atoms with Gasteiger partial charge in [-0.3, -0.25) is 0 Å². The number of carbonyl (C=O) groups excluding carboxylic acids is 1. The van der Waals surface area contributed by atoms with E-state index in [1.54, 1.807) is 4.90 Å². The van der Waals surface area contributed by atoms with E-state index in [0.29, 0.717) is 24.7 Å². The van der Waals surface area contributed by atoms with Gasteiger partial charge in [0.2, 0.25) is 5.95 Å². The fraction of sp³-hybridized carbons (Fsp3) is 0.478. The van der Waals surface area contributed by atoms with E-state index in [2.05, 4.69) is 15.3 Å². The second-order valence-corrected chi connectivity index (χ2v) is 8.77. The van der Waals surface area contributed by atoms with Crippen LogP contribution in [-0.4, -0.2) is 39.7 Å². The first-order valence-electron chi connectivity index (χ1n) is 10.5. The van der Waals surface area contributed by atoms with Gasteiger partial charge >= 0.3 is 12.3 Å². The Morgan fingerprint density at radius 3 is 2.31 bits per heavy atom. The number of amides is 1. The third-order valence-electron chi connectivity index (χ3n) is 5.18. The number of aromatic nitrogens is 2. The van der Waals surface area contributed by atoms with Crippen molar-refractivity contribution in [3.05, 3.63) is 53.7 Å². The summed E-state index contributed by atoms with van der Waals surface area (Å²) in [6.07, 6.45) is -1.01. The van der Waals surface area contributed by atoms with Crippen LogP contribution in [0.25, 0.3) is 0 Å². The molecule has 1 aromatic heterocycles. The van der Waals surface area contributed by atoms with Crippen molar-refractivity contribution in [2.24, 2.45) is 0 Å². The van der Waals surface area contributed by atoms with Crippen molar-refractivity contribution in [2.45, 2.75) is 58.2 Å². The van der Waals surface area contributed by atoms with E-state index < -0.39 is 17.3 Å². The van der Waals surface area contributed by atoms with Crippen molar-refractivity contribution in [1.29, 1.82) is 0 Å². The quantitative estimate of drug-likeness (QED) is 0.627. The Balaban J connectivity index is 1.60. The van der Waals surface area contributed by atoms with Crippen molar-refractivity contribution in [2.75, 3.05) is 18.4 Å². The summed E-state index contributed by atoms with van der Waals surface area (Å²) in [5.74, 6) is 0.427. The molecule has 0 spiro atoms. The van der Waals surface area contributed by atoms with Gasteiger partial charge < -0.3 is 15.0 Å². The molecule has 9 heteroatoms. The Morgan fingerprint density at radius 1 is 1.16 bits per heavy atom. The van der Waals surface area contributed by atoms with Gasteiger partial charge in [0.15, 0.2) is 0 Å². The zero-order valence-electron chi connectivity index (χ0n) is 18.7. The molecule has 1 aliphatic heterocycles. The minimum atomic E-state index is -4.50. The molecule has 173 valence electrons. The summed E-state index contributed by atoms with van der Waals surface area (Å²) in [6.45, 7) is 8.33. The molecular formula is C23H28F3N4O2. The van der Waals surface area contributed by atoms with Gasteiger partial charge in [-0.2, -0.15) is 13.2 Å². The van der Waals surface area contributed by atoms with Crippen LogP contribution in [0.15, 0.2) is 30.5 Å². The van der Waals surface area contributed by atoms with Crippen LogP contribution >= 0.6 is 0 Å². The summed E-state index contributed by atoms with van der Waals surface area (Å²) < 4.78 is 44.5. The van der Waals surface area contributed by atoms with Gasteiger partial charge in [-0.05, 0) is 57.2 Å². The van der Waals surface area contributed by atoms with Crippen LogP contribution in [0.1, 0.15) is 63.3 Å². The summed E-state index contributed by atoms with van der Waals surface area (Å²) in [5.41, 5.74) is 0.294. The monoisotopic (exact) mass is 449 g/mol. The minimum Gasteiger partial charge on any atom is -0.444 e. The molecule has 1 saturated heterocycles. The van der Waals surface area contributed by atoms with Crippen molar-refractivity contribution in [3.8, 4) is 0 Å². The Morgan fingerprint density at radius 2 is 1.78 bits per heavy atom. The third kappa shape index (κ3) is 6.11. The summed E-state index contributed by atoms with van der Waals surface area (Å²) in [4.78, 5) is 21.7. The van der Waals surface area contributed by atoms with E-state index >= 15 is 0 Å². The molecule has 1 aromatic carbocycles. The SMILES string of the molecule is C[CH]c1nc(Nc2ccc(C3CCN(C(=O)OC(C)(C)C)CC3)cc2)ncc1C(F)(F)F. The van der Waals surface area contributed by atoms with Crippen LogP contribution in [0.2, 0.25) is 0 Å². The zero-order valence-corrected chi connectivity index (χ0v) is 18.7. The number of nitrogens with zero attached hydrogens (tertiary/aromatic N) is 3. The predicted molar refractivity (Wildman–Crippen MR) is 116 cm³/mol. The molecule has 0 atom stereocenters. The van der Waals surface area contributed by atoms with Crippen LogP contribution in [0, 0.1) is 6.42 Å². The molecule has 2 aromatic rings. The third-order valence-corrected chi connectivity index (χ3v) is 5.18. The van der Waals surface area contributed by atoms with Crippen molar-refractivity contribution in [1.82, 2.24) is 14.9 Å². The van der Waals surface area contributed by atoms with Crippen LogP contribution in [-0.2, 0) is 10.9 Å². The van der Waals surface area contributed by atoms with Crippen molar-refractivity contribution >= 4 is 17.7 Å². The molecule has 0 aliphatic carbocycles. The Labute approximate surface area is 186 Å². The lowest BCUT2D eigenvalue weighted by Crippen LogP contribution is -2.41. The average Bonchev–Trinajstić information content (AvgIpc) is 2.72. The number of alkyl halides is 3. The highest BCUT2D eigenvalue weighted by Crippen LogP contribution is 2.33. The lowest BCUT2D eigenvalue weighted by molar-refractivity contribution is -0.138. The molecule has 1 amide bonds. The number of ether oxygens (including phenoxy) is 1. The molecule has 1 radical (unpaired) electrons. The number of nitrogens with one attached hydrogen (secondary N) is 1. The maximum Gasteiger partial charge on any atom is 0.419 e. The Kier molecular flexibility index (Phi) is 6.95. The molecule has 32 heavy (non-hydrogen) atoms. The van der Waals surface area contributed by atoms with Gasteiger partial charge in [-0.1, -0.05) is 19.1 Å². The van der Waals surface area contributed by atoms with E-state index in [4.69, 9.17) is 4.74 Å². The predicted octanol–water partition coefficient (Wildman–Crippen LogP) is 5.93. The van der Waals surface area contributed by atoms with E-state index in [1.165, 1.54) is 13.3 Å². The number of piperidine rings is 1. The van der Waals surface area contributed by atoms with Crippen molar-refractivity contribution in [3.63, 3.8) is 0 Å². The molecule has 0 bridgehead atoms. The van der Waals surface area contributed by atoms with Crippen LogP contribution in [0.3, 0.4) is 0 Å². The zero-order chi connectivity index (χ0) is 23.5. The van der Waals surface area contributed by atoms with Gasteiger partial charge in [0.25, 0.3) is 0 Å². The molecule has 0 unspecified atom stereocenters. The number of benzene rings is 1. The molecule has 1 fully saturated rings. The van der Waals surface area contributed by atoms with E-state index in [9.17, 15) is 18.0 Å². The second-order valence-electron chi connectivity index (χ2n) is 8.77. The van der Waals surface area contributed by atoms with Gasteiger partial charge in [-0.25, -0.2) is 14.8 Å². The lowest BCUT2D eigenvalue weighted by atomic mass is 9.89. The van der Waals surface area contributed by atoms with Gasteiger partial charge in [-0.15, -0.1) is 0 Å². The van der Waals surface area contributed by atoms with Crippen LogP contribution in [0.4, 0.5) is 29.6 Å². The molecule has 6 nitrogen and oxygen atoms in total. The van der Waals surface area contributed by atoms with Crippen LogP contribution in [0.5, 0.6) is 0 Å². The summed E-state index contributed by atoms with van der Waals surface area (Å²) in [7, 11) is 0. The molecule has 2 heterocycles. The second kappa shape index (κ2) is 9.34. The van der Waals surface area contributed by atoms with E-state index in [1.807, 2.05) is 45.0 Å². The van der Waals surface area contributed by atoms with E-state index in [-0.39, 0.29) is 17.7 Å². The van der Waals surface area contributed by atoms with Crippen LogP contribution < -0.4 is 5.32 Å². The highest BCUT2D eigenvalue weighted by Gasteiger charge is 2.34. The number of likely N-dealkylation sites (tertiary alicyclic amines) is 1. The molecule has 0 saturated carbocycles. The number of rotatable bonds is 4. The smallest absolute Gasteiger partial charge is 0.419 e. The fourth-order valence-corrected chi connectivity index (χ4v) is 3.58. The largest absolute Gasteiger partial charge is 0.444 e. The topological polar surface area (TPSA) is 67.4 Å². The number of carbonyl (C=O) groups is 1. The first kappa shape index (κ1) is 23.8. The first-order valence-corrected chi connectivity index (χ1v) is 10.5. The minimum absolute atomic E-state index is 0.101. The maximum atomic E-state index is 13.0. The highest BCUT2D eigenvalue weighted by atomic mass is 19.4. The lowest BCUT2D eigenvalue weighted by Gasteiger charge is -2.33. The van der Waals surface area contributed by atoms with Gasteiger partial charge in [0.1, 0.15) is 5.60 Å². The summed E-state index contributed by atoms with van der Waals surface area (Å²) >= 11 is 0. The summed E-state index contributed by atoms with van der Waals surface area (Å²) in [5, 5.41) is 2.95.